The van der Waals surface area contributed by atoms with Crippen LogP contribution in [0.25, 0.3) is 0 Å². The van der Waals surface area contributed by atoms with Crippen molar-refractivity contribution in [3.8, 4) is 0 Å². The van der Waals surface area contributed by atoms with E-state index in [1.165, 1.54) is 36.4 Å². The first-order chi connectivity index (χ1) is 15.3. The van der Waals surface area contributed by atoms with Gasteiger partial charge in [-0.1, -0.05) is 11.8 Å². The minimum atomic E-state index is -2.55. The molecule has 0 unspecified atom stereocenters. The van der Waals surface area contributed by atoms with Crippen LogP contribution in [0.1, 0.15) is 10.4 Å². The van der Waals surface area contributed by atoms with Gasteiger partial charge in [-0.25, -0.2) is 4.79 Å². The minimum absolute atomic E-state index is 0.0257. The van der Waals surface area contributed by atoms with Crippen LogP contribution in [0.3, 0.4) is 0 Å². The van der Waals surface area contributed by atoms with E-state index in [0.29, 0.717) is 54.3 Å². The van der Waals surface area contributed by atoms with Crippen molar-refractivity contribution in [2.45, 2.75) is 10.7 Å². The summed E-state index contributed by atoms with van der Waals surface area (Å²) in [5.74, 6) is -4.08. The van der Waals surface area contributed by atoms with Crippen LogP contribution in [-0.4, -0.2) is 55.5 Å². The highest BCUT2D eigenvalue weighted by molar-refractivity contribution is 7.99. The van der Waals surface area contributed by atoms with Crippen molar-refractivity contribution in [1.29, 1.82) is 0 Å². The summed E-state index contributed by atoms with van der Waals surface area (Å²) in [6.45, 7) is 1.26. The number of halogens is 2. The summed E-state index contributed by atoms with van der Waals surface area (Å²) in [7, 11) is 0. The quantitative estimate of drug-likeness (QED) is 0.272. The molecule has 1 heterocycles. The van der Waals surface area contributed by atoms with Crippen molar-refractivity contribution in [2.75, 3.05) is 43.1 Å². The molecule has 9 nitrogen and oxygen atoms in total. The third-order valence-corrected chi connectivity index (χ3v) is 5.18. The molecule has 0 bridgehead atoms. The molecule has 0 aliphatic carbocycles. The fourth-order valence-electron chi connectivity index (χ4n) is 3.01. The molecule has 0 atom stereocenters. The number of hydrogen-bond acceptors (Lipinski definition) is 8. The van der Waals surface area contributed by atoms with Gasteiger partial charge in [0, 0.05) is 35.8 Å². The Labute approximate surface area is 185 Å². The first-order valence-electron chi connectivity index (χ1n) is 9.46. The molecule has 0 radical (unpaired) electrons. The second-order valence-electron chi connectivity index (χ2n) is 6.59. The number of carbonyl (C=O) groups is 2. The Hall–Kier alpha value is -3.25. The van der Waals surface area contributed by atoms with Gasteiger partial charge in [0.1, 0.15) is 0 Å². The van der Waals surface area contributed by atoms with Gasteiger partial charge in [-0.15, -0.1) is 0 Å². The SMILES string of the molecule is O=C(COC(=O)c1cc([N+](=O)[O-])ccc1N1CCOCC1)Nc1ccc(SC(F)F)cc1. The molecule has 1 amide bonds. The van der Waals surface area contributed by atoms with Gasteiger partial charge in [-0.05, 0) is 30.3 Å². The summed E-state index contributed by atoms with van der Waals surface area (Å²) in [6.07, 6.45) is 0. The molecule has 3 rings (SSSR count). The summed E-state index contributed by atoms with van der Waals surface area (Å²) >= 11 is 0.379. The van der Waals surface area contributed by atoms with Crippen LogP contribution in [-0.2, 0) is 14.3 Å². The Morgan fingerprint density at radius 3 is 2.50 bits per heavy atom. The minimum Gasteiger partial charge on any atom is -0.452 e. The third-order valence-electron chi connectivity index (χ3n) is 4.46. The lowest BCUT2D eigenvalue weighted by Gasteiger charge is -2.30. The van der Waals surface area contributed by atoms with Crippen LogP contribution >= 0.6 is 11.8 Å². The maximum Gasteiger partial charge on any atom is 0.341 e. The van der Waals surface area contributed by atoms with E-state index in [2.05, 4.69) is 5.32 Å². The third kappa shape index (κ3) is 6.37. The maximum atomic E-state index is 12.6. The van der Waals surface area contributed by atoms with Crippen molar-refractivity contribution in [3.05, 3.63) is 58.1 Å². The lowest BCUT2D eigenvalue weighted by molar-refractivity contribution is -0.384. The molecule has 2 aromatic carbocycles. The predicted octanol–water partition coefficient (Wildman–Crippen LogP) is 3.54. The number of carbonyl (C=O) groups excluding carboxylic acids is 2. The highest BCUT2D eigenvalue weighted by Gasteiger charge is 2.23. The molecule has 1 N–H and O–H groups in total. The number of benzene rings is 2. The van der Waals surface area contributed by atoms with Crippen LogP contribution in [0, 0.1) is 10.1 Å². The fourth-order valence-corrected chi connectivity index (χ4v) is 3.51. The van der Waals surface area contributed by atoms with Crippen LogP contribution in [0.5, 0.6) is 0 Å². The van der Waals surface area contributed by atoms with Crippen molar-refractivity contribution in [2.24, 2.45) is 0 Å². The number of anilines is 2. The molecule has 1 saturated heterocycles. The topological polar surface area (TPSA) is 111 Å². The number of amides is 1. The Kier molecular flexibility index (Phi) is 7.95. The van der Waals surface area contributed by atoms with E-state index in [4.69, 9.17) is 9.47 Å². The van der Waals surface area contributed by atoms with Gasteiger partial charge in [0.25, 0.3) is 17.4 Å². The van der Waals surface area contributed by atoms with Crippen LogP contribution in [0.15, 0.2) is 47.4 Å². The average molecular weight is 467 g/mol. The van der Waals surface area contributed by atoms with Gasteiger partial charge < -0.3 is 19.7 Å². The van der Waals surface area contributed by atoms with Crippen molar-refractivity contribution < 1.29 is 32.8 Å². The molecule has 2 aromatic rings. The number of nitrogens with one attached hydrogen (secondary N) is 1. The molecule has 0 spiro atoms. The Balaban J connectivity index is 1.64. The van der Waals surface area contributed by atoms with Crippen molar-refractivity contribution >= 4 is 40.7 Å². The molecule has 170 valence electrons. The van der Waals surface area contributed by atoms with Gasteiger partial charge in [-0.3, -0.25) is 14.9 Å². The number of morpholine rings is 1. The zero-order chi connectivity index (χ0) is 23.1. The Bertz CT molecular complexity index is 984. The fraction of sp³-hybridized carbons (Fsp3) is 0.300. The van der Waals surface area contributed by atoms with E-state index >= 15 is 0 Å². The summed E-state index contributed by atoms with van der Waals surface area (Å²) in [5, 5.41) is 13.6. The number of nitro benzene ring substituents is 1. The van der Waals surface area contributed by atoms with Gasteiger partial charge in [0.15, 0.2) is 6.61 Å². The van der Waals surface area contributed by atoms with Gasteiger partial charge >= 0.3 is 5.97 Å². The monoisotopic (exact) mass is 467 g/mol. The highest BCUT2D eigenvalue weighted by atomic mass is 32.2. The Morgan fingerprint density at radius 2 is 1.88 bits per heavy atom. The number of thioether (sulfide) groups is 1. The van der Waals surface area contributed by atoms with E-state index in [1.807, 2.05) is 4.90 Å². The van der Waals surface area contributed by atoms with E-state index in [1.54, 1.807) is 0 Å². The van der Waals surface area contributed by atoms with E-state index in [-0.39, 0.29) is 11.3 Å². The smallest absolute Gasteiger partial charge is 0.341 e. The molecule has 12 heteroatoms. The number of nitrogens with zero attached hydrogens (tertiary/aromatic N) is 2. The zero-order valence-corrected chi connectivity index (χ0v) is 17.5. The second kappa shape index (κ2) is 10.9. The summed E-state index contributed by atoms with van der Waals surface area (Å²) in [4.78, 5) is 37.4. The van der Waals surface area contributed by atoms with E-state index < -0.39 is 29.2 Å². The number of esters is 1. The molecule has 1 aliphatic rings. The van der Waals surface area contributed by atoms with Gasteiger partial charge in [0.2, 0.25) is 0 Å². The molecule has 1 fully saturated rings. The average Bonchev–Trinajstić information content (AvgIpc) is 2.78. The van der Waals surface area contributed by atoms with Crippen LogP contribution in [0.2, 0.25) is 0 Å². The Morgan fingerprint density at radius 1 is 1.19 bits per heavy atom. The molecule has 1 aliphatic heterocycles. The van der Waals surface area contributed by atoms with E-state index in [9.17, 15) is 28.5 Å². The molecular weight excluding hydrogens is 448 g/mol. The number of nitro groups is 1. The van der Waals surface area contributed by atoms with Crippen LogP contribution < -0.4 is 10.2 Å². The number of hydrogen-bond donors (Lipinski definition) is 1. The van der Waals surface area contributed by atoms with E-state index in [0.717, 1.165) is 6.07 Å². The van der Waals surface area contributed by atoms with Gasteiger partial charge in [-0.2, -0.15) is 8.78 Å². The predicted molar refractivity (Wildman–Crippen MR) is 113 cm³/mol. The normalized spacial score (nSPS) is 13.7. The molecule has 0 saturated carbocycles. The maximum absolute atomic E-state index is 12.6. The standard InChI is InChI=1S/C20H19F2N3O6S/c21-20(22)32-15-4-1-13(2-5-15)23-18(26)12-31-19(27)16-11-14(25(28)29)3-6-17(16)24-7-9-30-10-8-24/h1-6,11,20H,7-10,12H2,(H,23,26). The zero-order valence-electron chi connectivity index (χ0n) is 16.7. The summed E-state index contributed by atoms with van der Waals surface area (Å²) in [5.41, 5.74) is 0.493. The van der Waals surface area contributed by atoms with Crippen molar-refractivity contribution in [3.63, 3.8) is 0 Å². The first-order valence-corrected chi connectivity index (χ1v) is 10.3. The van der Waals surface area contributed by atoms with Gasteiger partial charge in [0.05, 0.1) is 29.4 Å². The number of ether oxygens (including phenoxy) is 2. The lowest BCUT2D eigenvalue weighted by Crippen LogP contribution is -2.37. The number of rotatable bonds is 8. The summed E-state index contributed by atoms with van der Waals surface area (Å²) in [6, 6.07) is 9.63. The number of non-ortho nitro benzene ring substituents is 1. The highest BCUT2D eigenvalue weighted by Crippen LogP contribution is 2.28. The molecule has 0 aromatic heterocycles. The van der Waals surface area contributed by atoms with Crippen molar-refractivity contribution in [1.82, 2.24) is 0 Å². The first kappa shape index (κ1) is 23.4. The molecule has 32 heavy (non-hydrogen) atoms. The van der Waals surface area contributed by atoms with Crippen LogP contribution in [0.4, 0.5) is 25.8 Å². The number of alkyl halides is 2. The lowest BCUT2D eigenvalue weighted by atomic mass is 10.1. The summed E-state index contributed by atoms with van der Waals surface area (Å²) < 4.78 is 35.1. The second-order valence-corrected chi connectivity index (χ2v) is 7.65. The molecular formula is C20H19F2N3O6S. The largest absolute Gasteiger partial charge is 0.452 e.